The van der Waals surface area contributed by atoms with Crippen LogP contribution in [0.15, 0.2) is 42.7 Å². The molecule has 0 aliphatic rings. The average Bonchev–Trinajstić information content (AvgIpc) is 2.52. The number of aliphatic hydroxyl groups excluding tert-OH is 1. The monoisotopic (exact) mass is 286 g/mol. The van der Waals surface area contributed by atoms with Crippen molar-refractivity contribution >= 4 is 0 Å². The minimum absolute atomic E-state index is 0.0574. The Hall–Kier alpha value is -1.91. The summed E-state index contributed by atoms with van der Waals surface area (Å²) >= 11 is 0. The van der Waals surface area contributed by atoms with Crippen molar-refractivity contribution < 1.29 is 9.84 Å². The molecule has 112 valence electrons. The minimum atomic E-state index is -0.564. The highest BCUT2D eigenvalue weighted by molar-refractivity contribution is 5.37. The number of aliphatic hydroxyl groups is 1. The van der Waals surface area contributed by atoms with Crippen LogP contribution in [0, 0.1) is 6.92 Å². The lowest BCUT2D eigenvalue weighted by Crippen LogP contribution is -2.31. The van der Waals surface area contributed by atoms with Crippen molar-refractivity contribution in [3.8, 4) is 5.75 Å². The van der Waals surface area contributed by atoms with E-state index in [4.69, 9.17) is 4.74 Å². The van der Waals surface area contributed by atoms with Gasteiger partial charge in [-0.1, -0.05) is 12.1 Å². The normalized spacial score (nSPS) is 13.7. The van der Waals surface area contributed by atoms with E-state index < -0.39 is 6.10 Å². The number of methoxy groups -OCH3 is 1. The molecule has 1 heterocycles. The first-order valence-corrected chi connectivity index (χ1v) is 7.06. The number of ether oxygens (including phenoxy) is 1. The highest BCUT2D eigenvalue weighted by Gasteiger charge is 2.16. The molecule has 0 aliphatic carbocycles. The van der Waals surface area contributed by atoms with Crippen LogP contribution in [0.4, 0.5) is 0 Å². The molecule has 2 aromatic rings. The van der Waals surface area contributed by atoms with Crippen molar-refractivity contribution in [2.45, 2.75) is 32.5 Å². The Balaban J connectivity index is 1.98. The first-order valence-electron chi connectivity index (χ1n) is 7.06. The fraction of sp³-hybridized carbons (Fsp3) is 0.353. The number of pyridine rings is 1. The Bertz CT molecular complexity index is 572. The van der Waals surface area contributed by atoms with Gasteiger partial charge >= 0.3 is 0 Å². The van der Waals surface area contributed by atoms with E-state index in [2.05, 4.69) is 10.3 Å². The van der Waals surface area contributed by atoms with Crippen molar-refractivity contribution in [2.24, 2.45) is 0 Å². The van der Waals surface area contributed by atoms with E-state index in [1.807, 2.05) is 50.4 Å². The highest BCUT2D eigenvalue weighted by Crippen LogP contribution is 2.24. The molecule has 0 radical (unpaired) electrons. The summed E-state index contributed by atoms with van der Waals surface area (Å²) in [7, 11) is 1.65. The second-order valence-electron chi connectivity index (χ2n) is 5.20. The summed E-state index contributed by atoms with van der Waals surface area (Å²) in [5.74, 6) is 0.835. The number of nitrogens with one attached hydrogen (secondary N) is 1. The van der Waals surface area contributed by atoms with Crippen molar-refractivity contribution in [3.05, 3.63) is 59.4 Å². The summed E-state index contributed by atoms with van der Waals surface area (Å²) in [6.07, 6.45) is 3.01. The molecule has 1 aromatic heterocycles. The molecule has 0 bridgehead atoms. The van der Waals surface area contributed by atoms with Gasteiger partial charge < -0.3 is 15.2 Å². The van der Waals surface area contributed by atoms with E-state index >= 15 is 0 Å². The Morgan fingerprint density at radius 1 is 1.33 bits per heavy atom. The van der Waals surface area contributed by atoms with Gasteiger partial charge in [-0.15, -0.1) is 0 Å². The maximum atomic E-state index is 10.4. The van der Waals surface area contributed by atoms with Gasteiger partial charge in [0.25, 0.3) is 0 Å². The van der Waals surface area contributed by atoms with Gasteiger partial charge in [-0.25, -0.2) is 0 Å². The summed E-state index contributed by atoms with van der Waals surface area (Å²) in [5, 5.41) is 13.8. The minimum Gasteiger partial charge on any atom is -0.496 e. The molecule has 2 N–H and O–H groups in total. The second kappa shape index (κ2) is 7.20. The standard InChI is InChI=1S/C17H22N2O2/c1-12-9-15(6-7-16(12)21-3)17(20)13(2)19-11-14-5-4-8-18-10-14/h4-10,13,17,19-20H,11H2,1-3H3. The van der Waals surface area contributed by atoms with E-state index in [9.17, 15) is 5.11 Å². The van der Waals surface area contributed by atoms with Gasteiger partial charge in [-0.3, -0.25) is 4.98 Å². The molecule has 2 rings (SSSR count). The van der Waals surface area contributed by atoms with Crippen LogP contribution in [0.5, 0.6) is 5.75 Å². The number of hydrogen-bond acceptors (Lipinski definition) is 4. The molecule has 0 fully saturated rings. The molecule has 0 aliphatic heterocycles. The molecule has 2 atom stereocenters. The molecule has 4 nitrogen and oxygen atoms in total. The fourth-order valence-corrected chi connectivity index (χ4v) is 2.27. The Morgan fingerprint density at radius 2 is 2.14 bits per heavy atom. The van der Waals surface area contributed by atoms with Crippen molar-refractivity contribution in [1.82, 2.24) is 10.3 Å². The van der Waals surface area contributed by atoms with E-state index in [1.165, 1.54) is 0 Å². The van der Waals surface area contributed by atoms with E-state index in [-0.39, 0.29) is 6.04 Å². The molecule has 2 unspecified atom stereocenters. The first-order chi connectivity index (χ1) is 10.1. The number of aryl methyl sites for hydroxylation is 1. The predicted molar refractivity (Wildman–Crippen MR) is 83.2 cm³/mol. The third-order valence-electron chi connectivity index (χ3n) is 3.58. The van der Waals surface area contributed by atoms with Crippen LogP contribution in [0.3, 0.4) is 0 Å². The van der Waals surface area contributed by atoms with E-state index in [0.717, 1.165) is 22.4 Å². The van der Waals surface area contributed by atoms with E-state index in [1.54, 1.807) is 13.3 Å². The zero-order chi connectivity index (χ0) is 15.2. The van der Waals surface area contributed by atoms with Crippen LogP contribution >= 0.6 is 0 Å². The Morgan fingerprint density at radius 3 is 2.76 bits per heavy atom. The Kier molecular flexibility index (Phi) is 5.31. The summed E-state index contributed by atoms with van der Waals surface area (Å²) < 4.78 is 5.24. The number of hydrogen-bond donors (Lipinski definition) is 2. The topological polar surface area (TPSA) is 54.4 Å². The van der Waals surface area contributed by atoms with Crippen molar-refractivity contribution in [2.75, 3.05) is 7.11 Å². The number of nitrogens with zero attached hydrogens (tertiary/aromatic N) is 1. The molecular weight excluding hydrogens is 264 g/mol. The predicted octanol–water partition coefficient (Wildman–Crippen LogP) is 2.61. The molecule has 21 heavy (non-hydrogen) atoms. The third-order valence-corrected chi connectivity index (χ3v) is 3.58. The zero-order valence-electron chi connectivity index (χ0n) is 12.7. The van der Waals surface area contributed by atoms with Gasteiger partial charge in [0, 0.05) is 25.0 Å². The zero-order valence-corrected chi connectivity index (χ0v) is 12.7. The van der Waals surface area contributed by atoms with Gasteiger partial charge in [-0.05, 0) is 48.7 Å². The van der Waals surface area contributed by atoms with Gasteiger partial charge in [-0.2, -0.15) is 0 Å². The smallest absolute Gasteiger partial charge is 0.121 e. The summed E-state index contributed by atoms with van der Waals surface area (Å²) in [6.45, 7) is 4.63. The molecule has 0 saturated carbocycles. The SMILES string of the molecule is COc1ccc(C(O)C(C)NCc2cccnc2)cc1C. The number of benzene rings is 1. The van der Waals surface area contributed by atoms with E-state index in [0.29, 0.717) is 6.54 Å². The maximum Gasteiger partial charge on any atom is 0.121 e. The van der Waals surface area contributed by atoms with Gasteiger partial charge in [0.1, 0.15) is 5.75 Å². The summed E-state index contributed by atoms with van der Waals surface area (Å²) in [5.41, 5.74) is 3.01. The van der Waals surface area contributed by atoms with Crippen molar-refractivity contribution in [3.63, 3.8) is 0 Å². The number of aromatic nitrogens is 1. The molecule has 4 heteroatoms. The quantitative estimate of drug-likeness (QED) is 0.857. The average molecular weight is 286 g/mol. The van der Waals surface area contributed by atoms with Crippen LogP contribution in [-0.2, 0) is 6.54 Å². The van der Waals surface area contributed by atoms with Gasteiger partial charge in [0.15, 0.2) is 0 Å². The lowest BCUT2D eigenvalue weighted by Gasteiger charge is -2.21. The van der Waals surface area contributed by atoms with Crippen molar-refractivity contribution in [1.29, 1.82) is 0 Å². The maximum absolute atomic E-state index is 10.4. The van der Waals surface area contributed by atoms with Crippen LogP contribution < -0.4 is 10.1 Å². The fourth-order valence-electron chi connectivity index (χ4n) is 2.27. The summed E-state index contributed by atoms with van der Waals surface area (Å²) in [6, 6.07) is 9.62. The third kappa shape index (κ3) is 4.03. The van der Waals surface area contributed by atoms with Crippen LogP contribution in [0.25, 0.3) is 0 Å². The summed E-state index contributed by atoms with van der Waals surface area (Å²) in [4.78, 5) is 4.08. The van der Waals surface area contributed by atoms with Crippen LogP contribution in [0.2, 0.25) is 0 Å². The molecule has 0 saturated heterocycles. The van der Waals surface area contributed by atoms with Crippen LogP contribution in [-0.4, -0.2) is 23.2 Å². The number of rotatable bonds is 6. The van der Waals surface area contributed by atoms with Crippen LogP contribution in [0.1, 0.15) is 29.7 Å². The van der Waals surface area contributed by atoms with Gasteiger partial charge in [0.05, 0.1) is 13.2 Å². The molecular formula is C17H22N2O2. The second-order valence-corrected chi connectivity index (χ2v) is 5.20. The first kappa shape index (κ1) is 15.5. The molecule has 1 aromatic carbocycles. The van der Waals surface area contributed by atoms with Gasteiger partial charge in [0.2, 0.25) is 0 Å². The molecule has 0 spiro atoms. The lowest BCUT2D eigenvalue weighted by molar-refractivity contribution is 0.135. The Labute approximate surface area is 125 Å². The lowest BCUT2D eigenvalue weighted by atomic mass is 10.0. The molecule has 0 amide bonds. The highest BCUT2D eigenvalue weighted by atomic mass is 16.5. The largest absolute Gasteiger partial charge is 0.496 e.